The van der Waals surface area contributed by atoms with E-state index in [1.165, 1.54) is 0 Å². The molecule has 1 N–H and O–H groups in total. The van der Waals surface area contributed by atoms with Gasteiger partial charge in [0.1, 0.15) is 12.1 Å². The fraction of sp³-hybridized carbons (Fsp3) is 0.222. The van der Waals surface area contributed by atoms with Crippen LogP contribution in [0.3, 0.4) is 0 Å². The molecular weight excluding hydrogens is 331 g/mol. The minimum atomic E-state index is -4.53. The molecule has 1 aromatic carbocycles. The Morgan fingerprint density at radius 2 is 1.96 bits per heavy atom. The average Bonchev–Trinajstić information content (AvgIpc) is 2.93. The highest BCUT2D eigenvalue weighted by molar-refractivity contribution is 5.92. The van der Waals surface area contributed by atoms with Gasteiger partial charge in [-0.15, -0.1) is 0 Å². The minimum absolute atomic E-state index is 0.348. The van der Waals surface area contributed by atoms with Crippen molar-refractivity contribution >= 4 is 17.2 Å². The molecular formula is C18H16F3N3O. The van der Waals surface area contributed by atoms with Crippen molar-refractivity contribution in [3.8, 4) is 11.3 Å². The van der Waals surface area contributed by atoms with Crippen LogP contribution in [0.2, 0.25) is 0 Å². The third kappa shape index (κ3) is 3.81. The maximum Gasteiger partial charge on any atom is 0.397 e. The van der Waals surface area contributed by atoms with Crippen molar-refractivity contribution < 1.29 is 18.0 Å². The van der Waals surface area contributed by atoms with Crippen LogP contribution in [-0.4, -0.2) is 21.5 Å². The Morgan fingerprint density at radius 1 is 1.20 bits per heavy atom. The Hall–Kier alpha value is -2.83. The summed E-state index contributed by atoms with van der Waals surface area (Å²) in [6, 6.07) is 9.07. The Morgan fingerprint density at radius 3 is 2.64 bits per heavy atom. The lowest BCUT2D eigenvalue weighted by Gasteiger charge is -2.11. The van der Waals surface area contributed by atoms with Gasteiger partial charge >= 0.3 is 6.18 Å². The number of aryl methyl sites for hydroxylation is 2. The fourth-order valence-electron chi connectivity index (χ4n) is 2.59. The van der Waals surface area contributed by atoms with Gasteiger partial charge in [0, 0.05) is 23.6 Å². The van der Waals surface area contributed by atoms with Crippen molar-refractivity contribution in [2.24, 2.45) is 0 Å². The van der Waals surface area contributed by atoms with Crippen molar-refractivity contribution in [1.82, 2.24) is 9.38 Å². The van der Waals surface area contributed by atoms with E-state index in [0.29, 0.717) is 16.9 Å². The first-order chi connectivity index (χ1) is 11.7. The molecule has 25 heavy (non-hydrogen) atoms. The first kappa shape index (κ1) is 17.0. The maximum absolute atomic E-state index is 12.3. The summed E-state index contributed by atoms with van der Waals surface area (Å²) in [7, 11) is 0. The van der Waals surface area contributed by atoms with Crippen molar-refractivity contribution in [1.29, 1.82) is 0 Å². The molecule has 0 aliphatic carbocycles. The minimum Gasteiger partial charge on any atom is -0.326 e. The van der Waals surface area contributed by atoms with Crippen LogP contribution >= 0.6 is 0 Å². The molecule has 0 fully saturated rings. The molecule has 2 aromatic heterocycles. The second-order valence-corrected chi connectivity index (χ2v) is 5.92. The number of imidazole rings is 1. The van der Waals surface area contributed by atoms with E-state index < -0.39 is 18.5 Å². The van der Waals surface area contributed by atoms with Crippen molar-refractivity contribution in [3.05, 3.63) is 53.9 Å². The van der Waals surface area contributed by atoms with Gasteiger partial charge in [-0.05, 0) is 37.1 Å². The number of benzene rings is 1. The largest absolute Gasteiger partial charge is 0.397 e. The summed E-state index contributed by atoms with van der Waals surface area (Å²) in [4.78, 5) is 16.1. The molecule has 130 valence electrons. The smallest absolute Gasteiger partial charge is 0.326 e. The van der Waals surface area contributed by atoms with Gasteiger partial charge in [0.05, 0.1) is 5.69 Å². The lowest BCUT2D eigenvalue weighted by Crippen LogP contribution is -2.21. The van der Waals surface area contributed by atoms with Crippen LogP contribution in [0.15, 0.2) is 42.7 Å². The molecule has 3 rings (SSSR count). The summed E-state index contributed by atoms with van der Waals surface area (Å²) in [6.45, 7) is 3.67. The predicted octanol–water partition coefficient (Wildman–Crippen LogP) is 4.51. The summed E-state index contributed by atoms with van der Waals surface area (Å²) in [6.07, 6.45) is -2.33. The lowest BCUT2D eigenvalue weighted by molar-refractivity contribution is -0.150. The summed E-state index contributed by atoms with van der Waals surface area (Å²) >= 11 is 0. The van der Waals surface area contributed by atoms with E-state index in [4.69, 9.17) is 0 Å². The molecule has 0 unspecified atom stereocenters. The Bertz CT molecular complexity index is 944. The summed E-state index contributed by atoms with van der Waals surface area (Å²) < 4.78 is 38.9. The van der Waals surface area contributed by atoms with Gasteiger partial charge in [0.2, 0.25) is 5.91 Å². The van der Waals surface area contributed by atoms with Crippen LogP contribution in [-0.2, 0) is 4.79 Å². The molecule has 0 aliphatic heterocycles. The molecule has 1 amide bonds. The number of nitrogens with zero attached hydrogens (tertiary/aromatic N) is 2. The second kappa shape index (κ2) is 6.23. The number of anilines is 1. The average molecular weight is 347 g/mol. The third-order valence-electron chi connectivity index (χ3n) is 3.85. The lowest BCUT2D eigenvalue weighted by atomic mass is 10.1. The topological polar surface area (TPSA) is 46.4 Å². The van der Waals surface area contributed by atoms with Crippen LogP contribution in [0.25, 0.3) is 16.9 Å². The van der Waals surface area contributed by atoms with Gasteiger partial charge < -0.3 is 9.72 Å². The quantitative estimate of drug-likeness (QED) is 0.758. The number of alkyl halides is 3. The fourth-order valence-corrected chi connectivity index (χ4v) is 2.59. The van der Waals surface area contributed by atoms with Crippen molar-refractivity contribution in [2.75, 3.05) is 5.32 Å². The molecule has 0 saturated heterocycles. The van der Waals surface area contributed by atoms with E-state index in [2.05, 4.69) is 10.3 Å². The van der Waals surface area contributed by atoms with Crippen LogP contribution in [0.1, 0.15) is 17.5 Å². The van der Waals surface area contributed by atoms with Crippen molar-refractivity contribution in [2.45, 2.75) is 26.4 Å². The van der Waals surface area contributed by atoms with Crippen LogP contribution < -0.4 is 5.32 Å². The van der Waals surface area contributed by atoms with E-state index >= 15 is 0 Å². The Balaban J connectivity index is 1.92. The molecule has 0 radical (unpaired) electrons. The number of amides is 1. The molecule has 0 bridgehead atoms. The number of rotatable bonds is 3. The molecule has 4 nitrogen and oxygen atoms in total. The van der Waals surface area contributed by atoms with Crippen LogP contribution in [0.4, 0.5) is 18.9 Å². The van der Waals surface area contributed by atoms with E-state index in [1.54, 1.807) is 19.1 Å². The van der Waals surface area contributed by atoms with Gasteiger partial charge in [-0.1, -0.05) is 18.2 Å². The first-order valence-corrected chi connectivity index (χ1v) is 7.65. The number of carbonyl (C=O) groups is 1. The highest BCUT2D eigenvalue weighted by atomic mass is 19.4. The molecule has 0 atom stereocenters. The number of hydrogen-bond acceptors (Lipinski definition) is 2. The number of hydrogen-bond donors (Lipinski definition) is 1. The summed E-state index contributed by atoms with van der Waals surface area (Å²) in [5, 5.41) is 2.33. The SMILES string of the molecule is Cc1ccc(-c2cn3cccc(C)c3n2)cc1NC(=O)CC(F)(F)F. The zero-order valence-electron chi connectivity index (χ0n) is 13.7. The van der Waals surface area contributed by atoms with Crippen molar-refractivity contribution in [3.63, 3.8) is 0 Å². The van der Waals surface area contributed by atoms with Gasteiger partial charge in [0.15, 0.2) is 0 Å². The molecule has 0 saturated carbocycles. The summed E-state index contributed by atoms with van der Waals surface area (Å²) in [5.41, 5.74) is 4.25. The maximum atomic E-state index is 12.3. The summed E-state index contributed by atoms with van der Waals surface area (Å²) in [5.74, 6) is -1.08. The number of pyridine rings is 1. The highest BCUT2D eigenvalue weighted by Gasteiger charge is 2.31. The third-order valence-corrected chi connectivity index (χ3v) is 3.85. The molecule has 0 aliphatic rings. The van der Waals surface area contributed by atoms with Gasteiger partial charge in [-0.25, -0.2) is 4.98 Å². The van der Waals surface area contributed by atoms with E-state index in [9.17, 15) is 18.0 Å². The number of carbonyl (C=O) groups excluding carboxylic acids is 1. The van der Waals surface area contributed by atoms with E-state index in [-0.39, 0.29) is 0 Å². The zero-order chi connectivity index (χ0) is 18.2. The standard InChI is InChI=1S/C18H16F3N3O/c1-11-5-6-13(8-14(11)22-16(25)9-18(19,20)21)15-10-24-7-3-4-12(2)17(24)23-15/h3-8,10H,9H2,1-2H3,(H,22,25). The number of halogens is 3. The number of fused-ring (bicyclic) bond motifs is 1. The van der Waals surface area contributed by atoms with Gasteiger partial charge in [-0.2, -0.15) is 13.2 Å². The molecule has 2 heterocycles. The predicted molar refractivity (Wildman–Crippen MR) is 89.4 cm³/mol. The Kier molecular flexibility index (Phi) is 4.24. The number of aromatic nitrogens is 2. The van der Waals surface area contributed by atoms with E-state index in [0.717, 1.165) is 16.8 Å². The second-order valence-electron chi connectivity index (χ2n) is 5.92. The van der Waals surface area contributed by atoms with Crippen LogP contribution in [0.5, 0.6) is 0 Å². The molecule has 7 heteroatoms. The van der Waals surface area contributed by atoms with Gasteiger partial charge in [0.25, 0.3) is 0 Å². The normalized spacial score (nSPS) is 11.7. The molecule has 0 spiro atoms. The number of nitrogens with one attached hydrogen (secondary N) is 1. The monoisotopic (exact) mass is 347 g/mol. The zero-order valence-corrected chi connectivity index (χ0v) is 13.7. The Labute approximate surface area is 142 Å². The highest BCUT2D eigenvalue weighted by Crippen LogP contribution is 2.27. The van der Waals surface area contributed by atoms with Gasteiger partial charge in [-0.3, -0.25) is 4.79 Å². The first-order valence-electron chi connectivity index (χ1n) is 7.65. The molecule has 3 aromatic rings. The van der Waals surface area contributed by atoms with E-state index in [1.807, 2.05) is 41.9 Å². The van der Waals surface area contributed by atoms with Crippen LogP contribution in [0, 0.1) is 13.8 Å².